The lowest BCUT2D eigenvalue weighted by atomic mass is 10.4. The summed E-state index contributed by atoms with van der Waals surface area (Å²) in [5.74, 6) is 0.532. The summed E-state index contributed by atoms with van der Waals surface area (Å²) in [6.45, 7) is 3.03. The second-order valence-corrected chi connectivity index (χ2v) is 5.39. The number of hydrogen-bond acceptors (Lipinski definition) is 6. The summed E-state index contributed by atoms with van der Waals surface area (Å²) in [6.07, 6.45) is 0.854. The first-order valence-corrected chi connectivity index (χ1v) is 7.47. The molecule has 110 valence electrons. The Kier molecular flexibility index (Phi) is 7.03. The van der Waals surface area contributed by atoms with Crippen LogP contribution in [-0.2, 0) is 26.0 Å². The summed E-state index contributed by atoms with van der Waals surface area (Å²) >= 11 is 0. The average Bonchev–Trinajstić information content (AvgIpc) is 2.81. The number of nitrogens with two attached hydrogens (primary N) is 1. The maximum atomic E-state index is 11.0. The van der Waals surface area contributed by atoms with Gasteiger partial charge in [-0.1, -0.05) is 0 Å². The lowest BCUT2D eigenvalue weighted by Gasteiger charge is -2.04. The number of methoxy groups -OCH3 is 1. The second kappa shape index (κ2) is 8.28. The van der Waals surface area contributed by atoms with Gasteiger partial charge in [-0.2, -0.15) is 0 Å². The van der Waals surface area contributed by atoms with E-state index in [0.717, 1.165) is 13.0 Å². The quantitative estimate of drug-likeness (QED) is 0.591. The number of nitrogens with one attached hydrogen (secondary N) is 1. The summed E-state index contributed by atoms with van der Waals surface area (Å²) in [5.41, 5.74) is 0. The maximum Gasteiger partial charge on any atom is 0.271 e. The molecule has 0 aliphatic heterocycles. The lowest BCUT2D eigenvalue weighted by molar-refractivity contribution is 0.0694. The first-order valence-electron chi connectivity index (χ1n) is 5.93. The van der Waals surface area contributed by atoms with Crippen LogP contribution in [0.4, 0.5) is 0 Å². The second-order valence-electron chi connectivity index (χ2n) is 3.90. The summed E-state index contributed by atoms with van der Waals surface area (Å²) in [7, 11) is -2.13. The highest BCUT2D eigenvalue weighted by Gasteiger charge is 2.12. The van der Waals surface area contributed by atoms with Crippen LogP contribution in [0.5, 0.6) is 0 Å². The van der Waals surface area contributed by atoms with E-state index in [-0.39, 0.29) is 5.09 Å². The molecule has 1 aromatic heterocycles. The van der Waals surface area contributed by atoms with E-state index in [9.17, 15) is 8.42 Å². The largest absolute Gasteiger partial charge is 0.447 e. The molecule has 0 aliphatic carbocycles. The predicted molar refractivity (Wildman–Crippen MR) is 69.1 cm³/mol. The van der Waals surface area contributed by atoms with Gasteiger partial charge in [0.05, 0.1) is 19.8 Å². The Hall–Kier alpha value is -0.930. The molecule has 0 saturated heterocycles. The minimum atomic E-state index is -3.76. The van der Waals surface area contributed by atoms with Crippen LogP contribution >= 0.6 is 0 Å². The monoisotopic (exact) mass is 292 g/mol. The molecule has 0 amide bonds. The Morgan fingerprint density at radius 2 is 2.11 bits per heavy atom. The van der Waals surface area contributed by atoms with Crippen molar-refractivity contribution in [2.45, 2.75) is 18.1 Å². The van der Waals surface area contributed by atoms with Gasteiger partial charge in [-0.25, -0.2) is 13.6 Å². The molecule has 1 heterocycles. The summed E-state index contributed by atoms with van der Waals surface area (Å²) in [5, 5.41) is 7.84. The molecular formula is C11H20N2O5S. The van der Waals surface area contributed by atoms with Gasteiger partial charge in [0.1, 0.15) is 5.76 Å². The molecule has 0 bridgehead atoms. The Balaban J connectivity index is 2.11. The van der Waals surface area contributed by atoms with Gasteiger partial charge in [-0.15, -0.1) is 0 Å². The molecule has 0 aliphatic rings. The Morgan fingerprint density at radius 1 is 1.32 bits per heavy atom. The van der Waals surface area contributed by atoms with Crippen molar-refractivity contribution in [3.8, 4) is 0 Å². The van der Waals surface area contributed by atoms with Gasteiger partial charge in [0.15, 0.2) is 0 Å². The van der Waals surface area contributed by atoms with Crippen molar-refractivity contribution in [1.29, 1.82) is 0 Å². The standard InChI is InChI=1S/C11H20N2O5S/c1-16-7-8-17-6-2-5-13-9-10-3-4-11(18-10)19(12,14)15/h3-4,13H,2,5-9H2,1H3,(H2,12,14,15). The van der Waals surface area contributed by atoms with Crippen LogP contribution in [0, 0.1) is 0 Å². The fraction of sp³-hybridized carbons (Fsp3) is 0.636. The zero-order valence-corrected chi connectivity index (χ0v) is 11.7. The maximum absolute atomic E-state index is 11.0. The van der Waals surface area contributed by atoms with Crippen molar-refractivity contribution >= 4 is 10.0 Å². The van der Waals surface area contributed by atoms with E-state index in [4.69, 9.17) is 19.0 Å². The van der Waals surface area contributed by atoms with Crippen molar-refractivity contribution in [3.63, 3.8) is 0 Å². The van der Waals surface area contributed by atoms with Gasteiger partial charge in [0, 0.05) is 13.7 Å². The highest BCUT2D eigenvalue weighted by Crippen LogP contribution is 2.11. The van der Waals surface area contributed by atoms with Crippen molar-refractivity contribution in [1.82, 2.24) is 5.32 Å². The van der Waals surface area contributed by atoms with E-state index in [0.29, 0.717) is 32.1 Å². The van der Waals surface area contributed by atoms with Crippen LogP contribution in [0.15, 0.2) is 21.6 Å². The van der Waals surface area contributed by atoms with Crippen LogP contribution < -0.4 is 10.5 Å². The smallest absolute Gasteiger partial charge is 0.271 e. The molecule has 0 radical (unpaired) electrons. The summed E-state index contributed by atoms with van der Waals surface area (Å²) in [4.78, 5) is 0. The third kappa shape index (κ3) is 6.69. The van der Waals surface area contributed by atoms with Gasteiger partial charge < -0.3 is 19.2 Å². The highest BCUT2D eigenvalue weighted by molar-refractivity contribution is 7.89. The molecule has 0 fully saturated rings. The average molecular weight is 292 g/mol. The van der Waals surface area contributed by atoms with E-state index < -0.39 is 10.0 Å². The van der Waals surface area contributed by atoms with Crippen molar-refractivity contribution in [3.05, 3.63) is 17.9 Å². The Labute approximate surface area is 113 Å². The molecule has 19 heavy (non-hydrogen) atoms. The molecule has 3 N–H and O–H groups in total. The minimum Gasteiger partial charge on any atom is -0.447 e. The lowest BCUT2D eigenvalue weighted by Crippen LogP contribution is -2.16. The van der Waals surface area contributed by atoms with Gasteiger partial charge in [-0.05, 0) is 25.1 Å². The van der Waals surface area contributed by atoms with E-state index in [1.54, 1.807) is 13.2 Å². The van der Waals surface area contributed by atoms with E-state index >= 15 is 0 Å². The fourth-order valence-corrected chi connectivity index (χ4v) is 1.84. The summed E-state index contributed by atoms with van der Waals surface area (Å²) in [6, 6.07) is 2.93. The van der Waals surface area contributed by atoms with Crippen molar-refractivity contribution in [2.24, 2.45) is 5.14 Å². The molecular weight excluding hydrogens is 272 g/mol. The number of furan rings is 1. The first-order chi connectivity index (χ1) is 9.04. The van der Waals surface area contributed by atoms with Crippen LogP contribution in [0.3, 0.4) is 0 Å². The van der Waals surface area contributed by atoms with E-state index in [2.05, 4.69) is 5.32 Å². The number of sulfonamides is 1. The third-order valence-corrected chi connectivity index (χ3v) is 3.07. The van der Waals surface area contributed by atoms with Gasteiger partial charge in [0.2, 0.25) is 5.09 Å². The molecule has 0 aromatic carbocycles. The zero-order valence-electron chi connectivity index (χ0n) is 10.9. The van der Waals surface area contributed by atoms with Gasteiger partial charge in [-0.3, -0.25) is 0 Å². The molecule has 1 rings (SSSR count). The normalized spacial score (nSPS) is 11.9. The molecule has 0 spiro atoms. The van der Waals surface area contributed by atoms with Crippen LogP contribution in [-0.4, -0.2) is 41.9 Å². The molecule has 0 saturated carbocycles. The Bertz CT molecular complexity index is 457. The number of rotatable bonds is 10. The van der Waals surface area contributed by atoms with E-state index in [1.165, 1.54) is 6.07 Å². The SMILES string of the molecule is COCCOCCCNCc1ccc(S(N)(=O)=O)o1. The Morgan fingerprint density at radius 3 is 2.74 bits per heavy atom. The van der Waals surface area contributed by atoms with Gasteiger partial charge in [0.25, 0.3) is 10.0 Å². The fourth-order valence-electron chi connectivity index (χ4n) is 1.36. The van der Waals surface area contributed by atoms with Crippen LogP contribution in [0.2, 0.25) is 0 Å². The molecule has 0 atom stereocenters. The number of hydrogen-bond donors (Lipinski definition) is 2. The highest BCUT2D eigenvalue weighted by atomic mass is 32.2. The first kappa shape index (κ1) is 16.1. The summed E-state index contributed by atoms with van der Waals surface area (Å²) < 4.78 is 37.2. The van der Waals surface area contributed by atoms with Crippen molar-refractivity contribution < 1.29 is 22.3 Å². The topological polar surface area (TPSA) is 104 Å². The molecule has 0 unspecified atom stereocenters. The number of ether oxygens (including phenoxy) is 2. The minimum absolute atomic E-state index is 0.216. The predicted octanol–water partition coefficient (Wildman–Crippen LogP) is 0.0697. The van der Waals surface area contributed by atoms with E-state index in [1.807, 2.05) is 0 Å². The van der Waals surface area contributed by atoms with Gasteiger partial charge >= 0.3 is 0 Å². The third-order valence-electron chi connectivity index (χ3n) is 2.29. The number of primary sulfonamides is 1. The van der Waals surface area contributed by atoms with Crippen LogP contribution in [0.1, 0.15) is 12.2 Å². The molecule has 8 heteroatoms. The molecule has 7 nitrogen and oxygen atoms in total. The zero-order chi connectivity index (χ0) is 14.1. The molecule has 1 aromatic rings. The van der Waals surface area contributed by atoms with Crippen LogP contribution in [0.25, 0.3) is 0 Å². The van der Waals surface area contributed by atoms with Crippen molar-refractivity contribution in [2.75, 3.05) is 33.5 Å².